The minimum atomic E-state index is 0.972. The van der Waals surface area contributed by atoms with Gasteiger partial charge in [0.05, 0.1) is 11.2 Å². The second-order valence-electron chi connectivity index (χ2n) is 13.1. The van der Waals surface area contributed by atoms with E-state index in [1.165, 1.54) is 81.9 Å². The van der Waals surface area contributed by atoms with Crippen LogP contribution >= 0.6 is 0 Å². The standard InChI is InChI=1S/C49H31N/c1-3-16-33(17-4-1)43-30-45(34-18-5-2-6-19-34)50-46-31-44(37-21-9-10-22-38(37)49(43)46)48-41-25-13-11-23-39(41)47(40-24-12-14-26-42(40)48)36-28-27-32-15-7-8-20-35(32)29-36/h1-31H. The number of benzene rings is 9. The van der Waals surface area contributed by atoms with Gasteiger partial charge in [-0.25, -0.2) is 4.98 Å². The maximum Gasteiger partial charge on any atom is 0.0728 e. The molecule has 0 atom stereocenters. The Hall–Kier alpha value is -6.57. The molecule has 0 saturated heterocycles. The van der Waals surface area contributed by atoms with Crippen LogP contribution in [0.15, 0.2) is 188 Å². The Morgan fingerprint density at radius 3 is 1.48 bits per heavy atom. The number of rotatable bonds is 4. The van der Waals surface area contributed by atoms with E-state index in [2.05, 4.69) is 188 Å². The smallest absolute Gasteiger partial charge is 0.0728 e. The molecule has 0 aliphatic carbocycles. The lowest BCUT2D eigenvalue weighted by atomic mass is 9.83. The Kier molecular flexibility index (Phi) is 6.57. The van der Waals surface area contributed by atoms with Gasteiger partial charge in [-0.3, -0.25) is 0 Å². The van der Waals surface area contributed by atoms with E-state index in [1.54, 1.807) is 0 Å². The molecule has 0 aliphatic heterocycles. The van der Waals surface area contributed by atoms with Gasteiger partial charge >= 0.3 is 0 Å². The molecule has 0 spiro atoms. The van der Waals surface area contributed by atoms with E-state index in [0.717, 1.165) is 16.8 Å². The zero-order valence-electron chi connectivity index (χ0n) is 27.3. The molecule has 0 fully saturated rings. The number of pyridine rings is 1. The van der Waals surface area contributed by atoms with Crippen LogP contribution in [0.3, 0.4) is 0 Å². The van der Waals surface area contributed by atoms with Crippen molar-refractivity contribution >= 4 is 54.0 Å². The lowest BCUT2D eigenvalue weighted by Gasteiger charge is -2.20. The van der Waals surface area contributed by atoms with Crippen LogP contribution in [0.1, 0.15) is 0 Å². The summed E-state index contributed by atoms with van der Waals surface area (Å²) in [4.78, 5) is 5.42. The van der Waals surface area contributed by atoms with E-state index in [4.69, 9.17) is 4.98 Å². The van der Waals surface area contributed by atoms with Gasteiger partial charge in [0, 0.05) is 10.9 Å². The predicted octanol–water partition coefficient (Wildman–Crippen LogP) is 13.5. The lowest BCUT2D eigenvalue weighted by Crippen LogP contribution is -1.95. The van der Waals surface area contributed by atoms with Gasteiger partial charge in [-0.1, -0.05) is 170 Å². The third-order valence-electron chi connectivity index (χ3n) is 10.2. The summed E-state index contributed by atoms with van der Waals surface area (Å²) in [5.41, 5.74) is 10.4. The maximum atomic E-state index is 5.42. The quantitative estimate of drug-likeness (QED) is 0.139. The molecular weight excluding hydrogens is 603 g/mol. The summed E-state index contributed by atoms with van der Waals surface area (Å²) >= 11 is 0. The summed E-state index contributed by atoms with van der Waals surface area (Å²) in [6.07, 6.45) is 0. The van der Waals surface area contributed by atoms with Crippen molar-refractivity contribution in [1.29, 1.82) is 0 Å². The van der Waals surface area contributed by atoms with Gasteiger partial charge in [-0.2, -0.15) is 0 Å². The molecule has 9 aromatic carbocycles. The van der Waals surface area contributed by atoms with E-state index in [-0.39, 0.29) is 0 Å². The minimum absolute atomic E-state index is 0.972. The molecule has 0 saturated carbocycles. The molecule has 1 heteroatoms. The third kappa shape index (κ3) is 4.52. The summed E-state index contributed by atoms with van der Waals surface area (Å²) in [6.45, 7) is 0. The first-order chi connectivity index (χ1) is 24.8. The summed E-state index contributed by atoms with van der Waals surface area (Å²) < 4.78 is 0. The summed E-state index contributed by atoms with van der Waals surface area (Å²) in [6, 6.07) is 68.1. The molecule has 1 aromatic heterocycles. The molecule has 10 rings (SSSR count). The lowest BCUT2D eigenvalue weighted by molar-refractivity contribution is 1.40. The second-order valence-corrected chi connectivity index (χ2v) is 13.1. The highest BCUT2D eigenvalue weighted by molar-refractivity contribution is 6.26. The van der Waals surface area contributed by atoms with Crippen LogP contribution in [0.4, 0.5) is 0 Å². The van der Waals surface area contributed by atoms with Gasteiger partial charge in [0.1, 0.15) is 0 Å². The van der Waals surface area contributed by atoms with Gasteiger partial charge in [-0.05, 0) is 94.7 Å². The summed E-state index contributed by atoms with van der Waals surface area (Å²) in [5, 5.41) is 11.1. The molecular formula is C49H31N. The van der Waals surface area contributed by atoms with Gasteiger partial charge in [0.15, 0.2) is 0 Å². The normalized spacial score (nSPS) is 11.6. The highest BCUT2D eigenvalue weighted by Crippen LogP contribution is 2.48. The van der Waals surface area contributed by atoms with Gasteiger partial charge in [0.25, 0.3) is 0 Å². The van der Waals surface area contributed by atoms with Crippen molar-refractivity contribution < 1.29 is 0 Å². The molecule has 0 bridgehead atoms. The minimum Gasteiger partial charge on any atom is -0.248 e. The monoisotopic (exact) mass is 633 g/mol. The first-order valence-electron chi connectivity index (χ1n) is 17.2. The zero-order chi connectivity index (χ0) is 33.0. The number of hydrogen-bond donors (Lipinski definition) is 0. The Morgan fingerprint density at radius 2 is 0.820 bits per heavy atom. The Labute approximate surface area is 290 Å². The largest absolute Gasteiger partial charge is 0.248 e. The van der Waals surface area contributed by atoms with Crippen LogP contribution in [0.2, 0.25) is 0 Å². The second kappa shape index (κ2) is 11.5. The summed E-state index contributed by atoms with van der Waals surface area (Å²) in [5.74, 6) is 0. The van der Waals surface area contributed by atoms with Crippen LogP contribution in [-0.2, 0) is 0 Å². The number of fused-ring (bicyclic) bond motifs is 6. The predicted molar refractivity (Wildman–Crippen MR) is 214 cm³/mol. The molecule has 0 radical (unpaired) electrons. The van der Waals surface area contributed by atoms with E-state index in [1.807, 2.05) is 0 Å². The molecule has 1 heterocycles. The van der Waals surface area contributed by atoms with Crippen molar-refractivity contribution in [3.8, 4) is 44.6 Å². The van der Waals surface area contributed by atoms with Crippen LogP contribution in [0.25, 0.3) is 98.6 Å². The van der Waals surface area contributed by atoms with Crippen molar-refractivity contribution in [2.45, 2.75) is 0 Å². The molecule has 10 aromatic rings. The van der Waals surface area contributed by atoms with Gasteiger partial charge in [-0.15, -0.1) is 0 Å². The highest BCUT2D eigenvalue weighted by atomic mass is 14.7. The molecule has 1 nitrogen and oxygen atoms in total. The average molecular weight is 634 g/mol. The molecule has 0 amide bonds. The van der Waals surface area contributed by atoms with Crippen molar-refractivity contribution in [2.75, 3.05) is 0 Å². The van der Waals surface area contributed by atoms with Gasteiger partial charge < -0.3 is 0 Å². The number of aromatic nitrogens is 1. The fourth-order valence-electron chi connectivity index (χ4n) is 7.99. The highest BCUT2D eigenvalue weighted by Gasteiger charge is 2.21. The molecule has 50 heavy (non-hydrogen) atoms. The van der Waals surface area contributed by atoms with Crippen LogP contribution in [0, 0.1) is 0 Å². The van der Waals surface area contributed by atoms with E-state index in [0.29, 0.717) is 0 Å². The van der Waals surface area contributed by atoms with Crippen molar-refractivity contribution in [2.24, 2.45) is 0 Å². The molecule has 0 unspecified atom stereocenters. The van der Waals surface area contributed by atoms with Crippen molar-refractivity contribution in [1.82, 2.24) is 4.98 Å². The van der Waals surface area contributed by atoms with E-state index < -0.39 is 0 Å². The maximum absolute atomic E-state index is 5.42. The van der Waals surface area contributed by atoms with Crippen LogP contribution < -0.4 is 0 Å². The van der Waals surface area contributed by atoms with E-state index in [9.17, 15) is 0 Å². The first kappa shape index (κ1) is 28.4. The summed E-state index contributed by atoms with van der Waals surface area (Å²) in [7, 11) is 0. The molecule has 0 N–H and O–H groups in total. The average Bonchev–Trinajstić information content (AvgIpc) is 3.19. The number of nitrogens with zero attached hydrogens (tertiary/aromatic N) is 1. The van der Waals surface area contributed by atoms with Gasteiger partial charge in [0.2, 0.25) is 0 Å². The first-order valence-corrected chi connectivity index (χ1v) is 17.2. The van der Waals surface area contributed by atoms with E-state index >= 15 is 0 Å². The Balaban J connectivity index is 1.34. The zero-order valence-corrected chi connectivity index (χ0v) is 27.3. The molecule has 0 aliphatic rings. The Bertz CT molecular complexity index is 2850. The van der Waals surface area contributed by atoms with Crippen LogP contribution in [0.5, 0.6) is 0 Å². The van der Waals surface area contributed by atoms with Crippen LogP contribution in [-0.4, -0.2) is 4.98 Å². The fraction of sp³-hybridized carbons (Fsp3) is 0. The number of hydrogen-bond acceptors (Lipinski definition) is 1. The third-order valence-corrected chi connectivity index (χ3v) is 10.2. The Morgan fingerprint density at radius 1 is 0.300 bits per heavy atom. The van der Waals surface area contributed by atoms with Crippen molar-refractivity contribution in [3.63, 3.8) is 0 Å². The SMILES string of the molecule is c1ccc(-c2cc(-c3ccccc3)c3c(cc(-c4c5ccccc5c(-c5ccc6ccccc6c5)c5ccccc45)c4ccccc43)n2)cc1. The fourth-order valence-corrected chi connectivity index (χ4v) is 7.99. The van der Waals surface area contributed by atoms with Crippen molar-refractivity contribution in [3.05, 3.63) is 188 Å². The molecule has 232 valence electrons. The topological polar surface area (TPSA) is 12.9 Å².